The summed E-state index contributed by atoms with van der Waals surface area (Å²) in [7, 11) is 0. The summed E-state index contributed by atoms with van der Waals surface area (Å²) in [5.74, 6) is 4.07. The Labute approximate surface area is 390 Å². The van der Waals surface area contributed by atoms with Crippen molar-refractivity contribution in [2.24, 2.45) is 46.3 Å². The number of allylic oxidation sites excluding steroid dienone is 1. The van der Waals surface area contributed by atoms with Gasteiger partial charge in [0.15, 0.2) is 0 Å². The quantitative estimate of drug-likeness (QED) is 0.107. The van der Waals surface area contributed by atoms with Crippen LogP contribution in [0.1, 0.15) is 156 Å². The summed E-state index contributed by atoms with van der Waals surface area (Å²) in [4.78, 5) is 53.6. The third-order valence-corrected chi connectivity index (χ3v) is 16.7. The smallest absolute Gasteiger partial charge is 0.410 e. The molecule has 3 fully saturated rings. The van der Waals surface area contributed by atoms with Gasteiger partial charge in [-0.15, -0.1) is 0 Å². The molecule has 4 amide bonds. The van der Waals surface area contributed by atoms with E-state index in [2.05, 4.69) is 80.9 Å². The lowest BCUT2D eigenvalue weighted by atomic mass is 9.46. The third kappa shape index (κ3) is 11.1. The Bertz CT molecular complexity index is 2000. The highest BCUT2D eigenvalue weighted by Gasteiger charge is 2.59. The number of alkyl carbamates (subject to hydrolysis) is 1. The van der Waals surface area contributed by atoms with Gasteiger partial charge < -0.3 is 30.3 Å². The van der Waals surface area contributed by atoms with Crippen LogP contribution in [-0.2, 0) is 19.1 Å². The van der Waals surface area contributed by atoms with Crippen LogP contribution >= 0.6 is 0 Å². The molecule has 7 unspecified atom stereocenters. The lowest BCUT2D eigenvalue weighted by Gasteiger charge is -2.59. The first-order valence-corrected chi connectivity index (χ1v) is 25.3. The van der Waals surface area contributed by atoms with Crippen LogP contribution in [-0.4, -0.2) is 73.3 Å². The molecule has 3 saturated carbocycles. The number of hydrogen-bond acceptors (Lipinski definition) is 6. The minimum absolute atomic E-state index is 0.0603. The number of hydrogen-bond donors (Lipinski definition) is 3. The van der Waals surface area contributed by atoms with E-state index in [1.165, 1.54) is 51.4 Å². The SMILES string of the molecule is CC(C)CCC[C@@H](C)C1CCC2C3CC=C4CC(N(CCCNC(=O)CCNC(=O)CNC(=O)OCC5c6ccccc6-c6ccccc65)C(=O)OC(C)(C)C)CCC4(C)C3CCC21C. The van der Waals surface area contributed by atoms with Crippen LogP contribution in [0.25, 0.3) is 11.1 Å². The van der Waals surface area contributed by atoms with Crippen molar-refractivity contribution in [1.29, 1.82) is 0 Å². The van der Waals surface area contributed by atoms with Gasteiger partial charge in [0.2, 0.25) is 11.8 Å². The molecule has 2 aromatic carbocycles. The predicted molar refractivity (Wildman–Crippen MR) is 258 cm³/mol. The van der Waals surface area contributed by atoms with Gasteiger partial charge in [-0.05, 0) is 147 Å². The first kappa shape index (κ1) is 48.6. The number of rotatable bonds is 17. The Morgan fingerprint density at radius 1 is 0.800 bits per heavy atom. The van der Waals surface area contributed by atoms with Crippen molar-refractivity contribution in [2.45, 2.75) is 156 Å². The van der Waals surface area contributed by atoms with Crippen LogP contribution in [0.2, 0.25) is 0 Å². The molecule has 356 valence electrons. The molecule has 3 N–H and O–H groups in total. The molecule has 7 rings (SSSR count). The van der Waals surface area contributed by atoms with E-state index < -0.39 is 17.6 Å². The molecule has 0 radical (unpaired) electrons. The molecule has 0 aromatic heterocycles. The zero-order valence-corrected chi connectivity index (χ0v) is 40.9. The van der Waals surface area contributed by atoms with Crippen LogP contribution in [0.15, 0.2) is 60.2 Å². The van der Waals surface area contributed by atoms with Crippen LogP contribution in [0.3, 0.4) is 0 Å². The molecule has 0 saturated heterocycles. The Kier molecular flexibility index (Phi) is 15.5. The number of nitrogens with zero attached hydrogens (tertiary/aromatic N) is 1. The number of amides is 4. The maximum absolute atomic E-state index is 13.8. The third-order valence-electron chi connectivity index (χ3n) is 16.7. The van der Waals surface area contributed by atoms with Crippen molar-refractivity contribution >= 4 is 24.0 Å². The summed E-state index contributed by atoms with van der Waals surface area (Å²) < 4.78 is 11.5. The molecular formula is C55H80N4O6. The minimum atomic E-state index is -0.668. The fourth-order valence-corrected chi connectivity index (χ4v) is 13.4. The number of carbonyl (C=O) groups excluding carboxylic acids is 4. The van der Waals surface area contributed by atoms with Gasteiger partial charge >= 0.3 is 12.2 Å². The van der Waals surface area contributed by atoms with Crippen molar-refractivity contribution in [2.75, 3.05) is 32.8 Å². The number of fused-ring (bicyclic) bond motifs is 8. The first-order valence-electron chi connectivity index (χ1n) is 25.3. The molecule has 5 aliphatic rings. The highest BCUT2D eigenvalue weighted by Crippen LogP contribution is 2.67. The molecule has 0 heterocycles. The highest BCUT2D eigenvalue weighted by molar-refractivity contribution is 5.83. The zero-order chi connectivity index (χ0) is 46.5. The van der Waals surface area contributed by atoms with E-state index in [1.807, 2.05) is 49.9 Å². The molecule has 10 heteroatoms. The van der Waals surface area contributed by atoms with Gasteiger partial charge in [-0.25, -0.2) is 9.59 Å². The van der Waals surface area contributed by atoms with Gasteiger partial charge in [0, 0.05) is 38.0 Å². The molecule has 0 spiro atoms. The van der Waals surface area contributed by atoms with Gasteiger partial charge in [-0.1, -0.05) is 114 Å². The Morgan fingerprint density at radius 3 is 2.18 bits per heavy atom. The van der Waals surface area contributed by atoms with Crippen molar-refractivity contribution in [3.8, 4) is 11.1 Å². The number of benzene rings is 2. The summed E-state index contributed by atoms with van der Waals surface area (Å²) in [6, 6.07) is 16.3. The fourth-order valence-electron chi connectivity index (χ4n) is 13.4. The molecule has 2 aromatic rings. The van der Waals surface area contributed by atoms with Gasteiger partial charge in [0.05, 0.1) is 6.54 Å². The van der Waals surface area contributed by atoms with E-state index in [0.717, 1.165) is 71.1 Å². The van der Waals surface area contributed by atoms with Crippen LogP contribution in [0.5, 0.6) is 0 Å². The van der Waals surface area contributed by atoms with Gasteiger partial charge in [-0.2, -0.15) is 0 Å². The summed E-state index contributed by atoms with van der Waals surface area (Å²) >= 11 is 0. The molecule has 8 atom stereocenters. The standard InChI is InChI=1S/C55H80N4O6/c1-36(2)15-13-16-37(3)46-23-24-47-44-22-21-38-33-39(25-28-54(38,7)48(44)26-29-55(46,47)8)59(52(63)65-53(4,5)6)32-14-30-56-49(60)27-31-57-50(61)34-58-51(62)64-35-45-42-19-11-9-17-40(42)41-18-10-12-20-43(41)45/h9-12,17-21,36-37,39,44-48H,13-16,22-35H2,1-8H3,(H,56,60)(H,57,61)(H,58,62)/t37-,39?,44?,46?,47?,48?,54?,55?/m1/s1. The molecule has 0 aliphatic heterocycles. The molecule has 10 nitrogen and oxygen atoms in total. The average molecular weight is 893 g/mol. The minimum Gasteiger partial charge on any atom is -0.449 e. The number of nitrogens with one attached hydrogen (secondary N) is 3. The Morgan fingerprint density at radius 2 is 1.49 bits per heavy atom. The summed E-state index contributed by atoms with van der Waals surface area (Å²) in [6.07, 6.45) is 16.0. The highest BCUT2D eigenvalue weighted by atomic mass is 16.6. The largest absolute Gasteiger partial charge is 0.449 e. The predicted octanol–water partition coefficient (Wildman–Crippen LogP) is 11.2. The van der Waals surface area contributed by atoms with Crippen molar-refractivity contribution in [3.05, 3.63) is 71.3 Å². The average Bonchev–Trinajstić information content (AvgIpc) is 3.78. The van der Waals surface area contributed by atoms with Gasteiger partial charge in [0.1, 0.15) is 12.2 Å². The lowest BCUT2D eigenvalue weighted by molar-refractivity contribution is -0.122. The topological polar surface area (TPSA) is 126 Å². The van der Waals surface area contributed by atoms with Gasteiger partial charge in [0.25, 0.3) is 0 Å². The normalized spacial score (nSPS) is 27.2. The van der Waals surface area contributed by atoms with E-state index in [1.54, 1.807) is 5.57 Å². The summed E-state index contributed by atoms with van der Waals surface area (Å²) in [6.45, 7) is 19.2. The molecule has 65 heavy (non-hydrogen) atoms. The number of carbonyl (C=O) groups is 4. The number of ether oxygens (including phenoxy) is 2. The van der Waals surface area contributed by atoms with E-state index in [0.29, 0.717) is 30.8 Å². The maximum atomic E-state index is 13.8. The maximum Gasteiger partial charge on any atom is 0.410 e. The second-order valence-corrected chi connectivity index (χ2v) is 22.3. The first-order chi connectivity index (χ1) is 31.0. The van der Waals surface area contributed by atoms with E-state index >= 15 is 0 Å². The van der Waals surface area contributed by atoms with Crippen molar-refractivity contribution in [1.82, 2.24) is 20.9 Å². The zero-order valence-electron chi connectivity index (χ0n) is 40.9. The van der Waals surface area contributed by atoms with Crippen LogP contribution < -0.4 is 16.0 Å². The van der Waals surface area contributed by atoms with Crippen LogP contribution in [0.4, 0.5) is 9.59 Å². The monoisotopic (exact) mass is 893 g/mol. The second-order valence-electron chi connectivity index (χ2n) is 22.3. The van der Waals surface area contributed by atoms with E-state index in [9.17, 15) is 19.2 Å². The Hall–Kier alpha value is -4.34. The molecule has 0 bridgehead atoms. The summed E-state index contributed by atoms with van der Waals surface area (Å²) in [5, 5.41) is 8.20. The van der Waals surface area contributed by atoms with E-state index in [4.69, 9.17) is 9.47 Å². The van der Waals surface area contributed by atoms with Gasteiger partial charge in [-0.3, -0.25) is 9.59 Å². The fraction of sp³-hybridized carbons (Fsp3) is 0.673. The van der Waals surface area contributed by atoms with Crippen LogP contribution in [0, 0.1) is 46.3 Å². The Balaban J connectivity index is 0.841. The molecular weight excluding hydrogens is 813 g/mol. The summed E-state index contributed by atoms with van der Waals surface area (Å²) in [5.41, 5.74) is 6.10. The van der Waals surface area contributed by atoms with Crippen molar-refractivity contribution < 1.29 is 28.7 Å². The van der Waals surface area contributed by atoms with E-state index in [-0.39, 0.29) is 55.5 Å². The molecule has 5 aliphatic carbocycles. The van der Waals surface area contributed by atoms with Crippen molar-refractivity contribution in [3.63, 3.8) is 0 Å². The second kappa shape index (κ2) is 20.7. The lowest BCUT2D eigenvalue weighted by Crippen LogP contribution is -2.53.